The number of rotatable bonds is 3. The van der Waals surface area contributed by atoms with E-state index in [2.05, 4.69) is 15.6 Å². The summed E-state index contributed by atoms with van der Waals surface area (Å²) in [5.41, 5.74) is 1.91. The van der Waals surface area contributed by atoms with Crippen molar-refractivity contribution >= 4 is 55.8 Å². The van der Waals surface area contributed by atoms with Gasteiger partial charge in [0.05, 0.1) is 10.2 Å². The third kappa shape index (κ3) is 3.67. The van der Waals surface area contributed by atoms with Crippen LogP contribution in [0, 0.1) is 0 Å². The molecule has 2 N–H and O–H groups in total. The van der Waals surface area contributed by atoms with Gasteiger partial charge in [-0.2, -0.15) is 0 Å². The van der Waals surface area contributed by atoms with Gasteiger partial charge in [0.2, 0.25) is 5.91 Å². The van der Waals surface area contributed by atoms with E-state index in [-0.39, 0.29) is 11.8 Å². The summed E-state index contributed by atoms with van der Waals surface area (Å²) in [5, 5.41) is 6.56. The molecule has 2 aromatic carbocycles. The summed E-state index contributed by atoms with van der Waals surface area (Å²) in [6.45, 7) is 1.43. The number of amides is 2. The Morgan fingerprint density at radius 2 is 1.83 bits per heavy atom. The number of nitrogens with zero attached hydrogens (tertiary/aromatic N) is 1. The van der Waals surface area contributed by atoms with E-state index in [0.29, 0.717) is 21.4 Å². The van der Waals surface area contributed by atoms with Crippen LogP contribution in [0.4, 0.5) is 10.8 Å². The lowest BCUT2D eigenvalue weighted by Crippen LogP contribution is -2.12. The number of nitrogens with one attached hydrogen (secondary N) is 2. The number of carbonyl (C=O) groups excluding carboxylic acids is 2. The molecular formula is C16H12ClN3O2S. The first-order valence-electron chi connectivity index (χ1n) is 6.76. The number of carbonyl (C=O) groups is 2. The van der Waals surface area contributed by atoms with Gasteiger partial charge in [-0.3, -0.25) is 14.9 Å². The summed E-state index contributed by atoms with van der Waals surface area (Å²) >= 11 is 7.30. The Balaban J connectivity index is 1.75. The van der Waals surface area contributed by atoms with Gasteiger partial charge in [-0.05, 0) is 42.5 Å². The van der Waals surface area contributed by atoms with Gasteiger partial charge in [0.1, 0.15) is 0 Å². The molecule has 1 heterocycles. The zero-order chi connectivity index (χ0) is 16.4. The maximum atomic E-state index is 12.2. The fourth-order valence-corrected chi connectivity index (χ4v) is 3.17. The highest BCUT2D eigenvalue weighted by atomic mass is 35.5. The zero-order valence-corrected chi connectivity index (χ0v) is 13.7. The molecule has 0 aliphatic heterocycles. The van der Waals surface area contributed by atoms with E-state index >= 15 is 0 Å². The van der Waals surface area contributed by atoms with E-state index in [4.69, 9.17) is 11.6 Å². The van der Waals surface area contributed by atoms with Crippen LogP contribution < -0.4 is 10.6 Å². The molecule has 0 spiro atoms. The number of hydrogen-bond acceptors (Lipinski definition) is 4. The maximum absolute atomic E-state index is 12.2. The van der Waals surface area contributed by atoms with Crippen LogP contribution >= 0.6 is 22.9 Å². The van der Waals surface area contributed by atoms with Gasteiger partial charge in [0, 0.05) is 23.2 Å². The van der Waals surface area contributed by atoms with Crippen LogP contribution in [0.15, 0.2) is 42.5 Å². The number of thiazole rings is 1. The molecule has 0 saturated carbocycles. The molecule has 23 heavy (non-hydrogen) atoms. The SMILES string of the molecule is CC(=O)Nc1ccc(C(=O)Nc2nc3ccc(Cl)cc3s2)cc1. The first kappa shape index (κ1) is 15.5. The van der Waals surface area contributed by atoms with Crippen molar-refractivity contribution in [3.05, 3.63) is 53.1 Å². The third-order valence-electron chi connectivity index (χ3n) is 3.04. The van der Waals surface area contributed by atoms with Crippen molar-refractivity contribution in [1.29, 1.82) is 0 Å². The molecule has 0 saturated heterocycles. The van der Waals surface area contributed by atoms with Gasteiger partial charge >= 0.3 is 0 Å². The van der Waals surface area contributed by atoms with Crippen molar-refractivity contribution in [2.24, 2.45) is 0 Å². The standard InChI is InChI=1S/C16H12ClN3O2S/c1-9(21)18-12-5-2-10(3-6-12)15(22)20-16-19-13-7-4-11(17)8-14(13)23-16/h2-8H,1H3,(H,18,21)(H,19,20,22). The van der Waals surface area contributed by atoms with Crippen LogP contribution in [0.3, 0.4) is 0 Å². The van der Waals surface area contributed by atoms with Crippen LogP contribution in [0.1, 0.15) is 17.3 Å². The molecule has 116 valence electrons. The van der Waals surface area contributed by atoms with Crippen LogP contribution in [-0.2, 0) is 4.79 Å². The van der Waals surface area contributed by atoms with Crippen molar-refractivity contribution in [3.8, 4) is 0 Å². The maximum Gasteiger partial charge on any atom is 0.257 e. The van der Waals surface area contributed by atoms with Gasteiger partial charge in [0.25, 0.3) is 5.91 Å². The molecule has 0 bridgehead atoms. The monoisotopic (exact) mass is 345 g/mol. The summed E-state index contributed by atoms with van der Waals surface area (Å²) < 4.78 is 0.911. The van der Waals surface area contributed by atoms with Gasteiger partial charge in [-0.1, -0.05) is 22.9 Å². The first-order chi connectivity index (χ1) is 11.0. The van der Waals surface area contributed by atoms with E-state index < -0.39 is 0 Å². The highest BCUT2D eigenvalue weighted by molar-refractivity contribution is 7.22. The molecule has 7 heteroatoms. The van der Waals surface area contributed by atoms with E-state index in [1.54, 1.807) is 30.3 Å². The highest BCUT2D eigenvalue weighted by Crippen LogP contribution is 2.28. The molecule has 0 aliphatic carbocycles. The molecule has 0 aliphatic rings. The number of anilines is 2. The molecule has 5 nitrogen and oxygen atoms in total. The minimum Gasteiger partial charge on any atom is -0.326 e. The smallest absolute Gasteiger partial charge is 0.257 e. The predicted molar refractivity (Wildman–Crippen MR) is 93.3 cm³/mol. The van der Waals surface area contributed by atoms with Crippen molar-refractivity contribution in [1.82, 2.24) is 4.98 Å². The van der Waals surface area contributed by atoms with Crippen molar-refractivity contribution < 1.29 is 9.59 Å². The predicted octanol–water partition coefficient (Wildman–Crippen LogP) is 4.16. The number of halogens is 1. The minimum atomic E-state index is -0.260. The van der Waals surface area contributed by atoms with Crippen LogP contribution in [0.25, 0.3) is 10.2 Å². The second-order valence-electron chi connectivity index (χ2n) is 4.84. The molecule has 0 fully saturated rings. The average Bonchev–Trinajstić information content (AvgIpc) is 2.88. The fourth-order valence-electron chi connectivity index (χ4n) is 2.03. The molecule has 3 aromatic rings. The number of fused-ring (bicyclic) bond motifs is 1. The molecule has 0 atom stereocenters. The summed E-state index contributed by atoms with van der Waals surface area (Å²) in [5.74, 6) is -0.417. The Morgan fingerprint density at radius 3 is 2.52 bits per heavy atom. The normalized spacial score (nSPS) is 10.5. The minimum absolute atomic E-state index is 0.157. The number of aromatic nitrogens is 1. The molecular weight excluding hydrogens is 334 g/mol. The zero-order valence-electron chi connectivity index (χ0n) is 12.1. The third-order valence-corrected chi connectivity index (χ3v) is 4.21. The number of hydrogen-bond donors (Lipinski definition) is 2. The Hall–Kier alpha value is -2.44. The highest BCUT2D eigenvalue weighted by Gasteiger charge is 2.10. The van der Waals surface area contributed by atoms with E-state index in [9.17, 15) is 9.59 Å². The first-order valence-corrected chi connectivity index (χ1v) is 7.96. The second kappa shape index (κ2) is 6.36. The van der Waals surface area contributed by atoms with Gasteiger partial charge in [0.15, 0.2) is 5.13 Å². The second-order valence-corrected chi connectivity index (χ2v) is 6.31. The summed E-state index contributed by atoms with van der Waals surface area (Å²) in [4.78, 5) is 27.6. The van der Waals surface area contributed by atoms with E-state index in [1.165, 1.54) is 18.3 Å². The Morgan fingerprint density at radius 1 is 1.09 bits per heavy atom. The summed E-state index contributed by atoms with van der Waals surface area (Å²) in [6.07, 6.45) is 0. The van der Waals surface area contributed by atoms with Gasteiger partial charge < -0.3 is 5.32 Å². The lowest BCUT2D eigenvalue weighted by atomic mass is 10.2. The van der Waals surface area contributed by atoms with Crippen LogP contribution in [0.2, 0.25) is 5.02 Å². The van der Waals surface area contributed by atoms with E-state index in [0.717, 1.165) is 10.2 Å². The lowest BCUT2D eigenvalue weighted by Gasteiger charge is -2.04. The number of benzene rings is 2. The van der Waals surface area contributed by atoms with Gasteiger partial charge in [-0.15, -0.1) is 0 Å². The average molecular weight is 346 g/mol. The van der Waals surface area contributed by atoms with Crippen LogP contribution in [-0.4, -0.2) is 16.8 Å². The van der Waals surface area contributed by atoms with Crippen molar-refractivity contribution in [2.45, 2.75) is 6.92 Å². The van der Waals surface area contributed by atoms with Crippen molar-refractivity contribution in [3.63, 3.8) is 0 Å². The molecule has 0 radical (unpaired) electrons. The van der Waals surface area contributed by atoms with Gasteiger partial charge in [-0.25, -0.2) is 4.98 Å². The lowest BCUT2D eigenvalue weighted by molar-refractivity contribution is -0.114. The quantitative estimate of drug-likeness (QED) is 0.748. The Kier molecular flexibility index (Phi) is 4.27. The largest absolute Gasteiger partial charge is 0.326 e. The Labute approximate surface area is 141 Å². The molecule has 0 unspecified atom stereocenters. The van der Waals surface area contributed by atoms with E-state index in [1.807, 2.05) is 12.1 Å². The topological polar surface area (TPSA) is 71.1 Å². The fraction of sp³-hybridized carbons (Fsp3) is 0.0625. The Bertz CT molecular complexity index is 890. The molecule has 3 rings (SSSR count). The van der Waals surface area contributed by atoms with Crippen molar-refractivity contribution in [2.75, 3.05) is 10.6 Å². The van der Waals surface area contributed by atoms with Crippen LogP contribution in [0.5, 0.6) is 0 Å². The summed E-state index contributed by atoms with van der Waals surface area (Å²) in [7, 11) is 0. The summed E-state index contributed by atoms with van der Waals surface area (Å²) in [6, 6.07) is 12.0. The molecule has 2 amide bonds. The molecule has 1 aromatic heterocycles.